The van der Waals surface area contributed by atoms with Crippen LogP contribution < -0.4 is 5.32 Å². The van der Waals surface area contributed by atoms with Gasteiger partial charge in [0.2, 0.25) is 0 Å². The molecule has 2 nitrogen and oxygen atoms in total. The molecule has 1 aromatic heterocycles. The van der Waals surface area contributed by atoms with Gasteiger partial charge in [-0.2, -0.15) is 0 Å². The molecule has 0 bridgehead atoms. The van der Waals surface area contributed by atoms with Gasteiger partial charge in [0.1, 0.15) is 0 Å². The number of nitrogens with one attached hydrogen (secondary N) is 1. The third-order valence-corrected chi connectivity index (χ3v) is 3.39. The minimum absolute atomic E-state index is 0.548. The monoisotopic (exact) mass is 224 g/mol. The number of rotatable bonds is 6. The molecule has 0 aliphatic heterocycles. The normalized spacial score (nSPS) is 11.7. The first-order chi connectivity index (χ1) is 7.24. The average molecular weight is 224 g/mol. The van der Waals surface area contributed by atoms with Crippen LogP contribution >= 0.6 is 11.3 Å². The molecule has 0 aromatic carbocycles. The standard InChI is InChI=1S/C12H20N2S/c1-4-5-6-7-13-8-11-9-14-12(15-11)10(2)3/h4-5,9-10,13H,6-8H2,1-3H3/b5-4+. The summed E-state index contributed by atoms with van der Waals surface area (Å²) in [5, 5.41) is 4.64. The van der Waals surface area contributed by atoms with Gasteiger partial charge in [-0.15, -0.1) is 11.3 Å². The van der Waals surface area contributed by atoms with Crippen molar-refractivity contribution in [3.05, 3.63) is 28.2 Å². The molecule has 15 heavy (non-hydrogen) atoms. The van der Waals surface area contributed by atoms with Crippen molar-refractivity contribution >= 4 is 11.3 Å². The summed E-state index contributed by atoms with van der Waals surface area (Å²) >= 11 is 1.81. The van der Waals surface area contributed by atoms with Crippen molar-refractivity contribution in [2.45, 2.75) is 39.7 Å². The molecular weight excluding hydrogens is 204 g/mol. The lowest BCUT2D eigenvalue weighted by Gasteiger charge is -1.99. The van der Waals surface area contributed by atoms with Crippen LogP contribution in [0.2, 0.25) is 0 Å². The second kappa shape index (κ2) is 6.75. The average Bonchev–Trinajstić information content (AvgIpc) is 2.66. The fourth-order valence-corrected chi connectivity index (χ4v) is 2.12. The Kier molecular flexibility index (Phi) is 5.58. The summed E-state index contributed by atoms with van der Waals surface area (Å²) in [5.41, 5.74) is 0. The zero-order valence-corrected chi connectivity index (χ0v) is 10.6. The van der Waals surface area contributed by atoms with Gasteiger partial charge >= 0.3 is 0 Å². The number of allylic oxidation sites excluding steroid dienone is 1. The van der Waals surface area contributed by atoms with E-state index < -0.39 is 0 Å². The van der Waals surface area contributed by atoms with Crippen LogP contribution in [0.3, 0.4) is 0 Å². The molecular formula is C12H20N2S. The second-order valence-corrected chi connectivity index (χ2v) is 5.00. The lowest BCUT2D eigenvalue weighted by molar-refractivity contribution is 0.701. The molecule has 1 rings (SSSR count). The summed E-state index contributed by atoms with van der Waals surface area (Å²) in [6.07, 6.45) is 7.36. The fourth-order valence-electron chi connectivity index (χ4n) is 1.23. The summed E-state index contributed by atoms with van der Waals surface area (Å²) in [6.45, 7) is 8.41. The van der Waals surface area contributed by atoms with E-state index in [0.717, 1.165) is 19.5 Å². The topological polar surface area (TPSA) is 24.9 Å². The molecule has 0 saturated heterocycles. The van der Waals surface area contributed by atoms with E-state index in [2.05, 4.69) is 43.2 Å². The predicted molar refractivity (Wildman–Crippen MR) is 67.3 cm³/mol. The van der Waals surface area contributed by atoms with E-state index in [1.807, 2.05) is 17.5 Å². The first-order valence-corrected chi connectivity index (χ1v) is 6.32. The maximum absolute atomic E-state index is 4.40. The van der Waals surface area contributed by atoms with Crippen LogP contribution in [-0.4, -0.2) is 11.5 Å². The summed E-state index contributed by atoms with van der Waals surface area (Å²) < 4.78 is 0. The van der Waals surface area contributed by atoms with Gasteiger partial charge in [-0.1, -0.05) is 26.0 Å². The van der Waals surface area contributed by atoms with Crippen molar-refractivity contribution in [1.29, 1.82) is 0 Å². The minimum Gasteiger partial charge on any atom is -0.311 e. The Bertz CT molecular complexity index is 302. The molecule has 1 N–H and O–H groups in total. The molecule has 0 radical (unpaired) electrons. The van der Waals surface area contributed by atoms with E-state index in [1.165, 1.54) is 9.88 Å². The molecule has 1 aromatic rings. The highest BCUT2D eigenvalue weighted by Gasteiger charge is 2.04. The molecule has 0 aliphatic rings. The van der Waals surface area contributed by atoms with Gasteiger partial charge in [0.05, 0.1) is 5.01 Å². The van der Waals surface area contributed by atoms with Crippen LogP contribution in [0.25, 0.3) is 0 Å². The molecule has 3 heteroatoms. The second-order valence-electron chi connectivity index (χ2n) is 3.85. The van der Waals surface area contributed by atoms with Crippen LogP contribution in [0, 0.1) is 0 Å². The van der Waals surface area contributed by atoms with Gasteiger partial charge in [0, 0.05) is 23.5 Å². The number of hydrogen-bond acceptors (Lipinski definition) is 3. The number of nitrogens with zero attached hydrogens (tertiary/aromatic N) is 1. The lowest BCUT2D eigenvalue weighted by Crippen LogP contribution is -2.12. The molecule has 0 amide bonds. The molecule has 0 aliphatic carbocycles. The molecule has 0 atom stereocenters. The summed E-state index contributed by atoms with van der Waals surface area (Å²) in [7, 11) is 0. The maximum atomic E-state index is 4.40. The quantitative estimate of drug-likeness (QED) is 0.592. The number of hydrogen-bond donors (Lipinski definition) is 1. The molecule has 0 spiro atoms. The van der Waals surface area contributed by atoms with E-state index in [0.29, 0.717) is 5.92 Å². The Balaban J connectivity index is 2.25. The Morgan fingerprint density at radius 2 is 2.33 bits per heavy atom. The van der Waals surface area contributed by atoms with Gasteiger partial charge in [-0.25, -0.2) is 4.98 Å². The van der Waals surface area contributed by atoms with Crippen molar-refractivity contribution < 1.29 is 0 Å². The highest BCUT2D eigenvalue weighted by molar-refractivity contribution is 7.11. The van der Waals surface area contributed by atoms with Crippen molar-refractivity contribution in [2.75, 3.05) is 6.54 Å². The van der Waals surface area contributed by atoms with E-state index in [-0.39, 0.29) is 0 Å². The first-order valence-electron chi connectivity index (χ1n) is 5.50. The Morgan fingerprint density at radius 3 is 2.93 bits per heavy atom. The van der Waals surface area contributed by atoms with E-state index in [1.54, 1.807) is 0 Å². The van der Waals surface area contributed by atoms with Gasteiger partial charge in [-0.05, 0) is 19.9 Å². The van der Waals surface area contributed by atoms with Crippen LogP contribution in [0.4, 0.5) is 0 Å². The molecule has 84 valence electrons. The zero-order valence-electron chi connectivity index (χ0n) is 9.79. The van der Waals surface area contributed by atoms with E-state index >= 15 is 0 Å². The van der Waals surface area contributed by atoms with E-state index in [9.17, 15) is 0 Å². The van der Waals surface area contributed by atoms with Gasteiger partial charge in [-0.3, -0.25) is 0 Å². The minimum atomic E-state index is 0.548. The summed E-state index contributed by atoms with van der Waals surface area (Å²) in [5.74, 6) is 0.548. The first kappa shape index (κ1) is 12.4. The maximum Gasteiger partial charge on any atom is 0.0953 e. The molecule has 0 saturated carbocycles. The van der Waals surface area contributed by atoms with Gasteiger partial charge in [0.25, 0.3) is 0 Å². The van der Waals surface area contributed by atoms with Crippen molar-refractivity contribution in [3.8, 4) is 0 Å². The molecule has 0 fully saturated rings. The fraction of sp³-hybridized carbons (Fsp3) is 0.583. The molecule has 1 heterocycles. The third-order valence-electron chi connectivity index (χ3n) is 2.09. The smallest absolute Gasteiger partial charge is 0.0953 e. The van der Waals surface area contributed by atoms with Crippen LogP contribution in [-0.2, 0) is 6.54 Å². The SMILES string of the molecule is C/C=C/CCNCc1cnc(C(C)C)s1. The number of aromatic nitrogens is 1. The van der Waals surface area contributed by atoms with Crippen LogP contribution in [0.5, 0.6) is 0 Å². The van der Waals surface area contributed by atoms with Crippen molar-refractivity contribution in [1.82, 2.24) is 10.3 Å². The van der Waals surface area contributed by atoms with E-state index in [4.69, 9.17) is 0 Å². The number of thiazole rings is 1. The van der Waals surface area contributed by atoms with Gasteiger partial charge < -0.3 is 5.32 Å². The highest BCUT2D eigenvalue weighted by Crippen LogP contribution is 2.20. The highest BCUT2D eigenvalue weighted by atomic mass is 32.1. The van der Waals surface area contributed by atoms with Crippen LogP contribution in [0.1, 0.15) is 43.0 Å². The zero-order chi connectivity index (χ0) is 11.1. The lowest BCUT2D eigenvalue weighted by atomic mass is 10.2. The summed E-state index contributed by atoms with van der Waals surface area (Å²) in [4.78, 5) is 5.73. The predicted octanol–water partition coefficient (Wildman–Crippen LogP) is 3.32. The van der Waals surface area contributed by atoms with Crippen molar-refractivity contribution in [3.63, 3.8) is 0 Å². The van der Waals surface area contributed by atoms with Crippen LogP contribution in [0.15, 0.2) is 18.3 Å². The largest absolute Gasteiger partial charge is 0.311 e. The molecule has 0 unspecified atom stereocenters. The third kappa shape index (κ3) is 4.58. The van der Waals surface area contributed by atoms with Crippen molar-refractivity contribution in [2.24, 2.45) is 0 Å². The Hall–Kier alpha value is -0.670. The Labute approximate surface area is 96.4 Å². The Morgan fingerprint density at radius 1 is 1.53 bits per heavy atom. The van der Waals surface area contributed by atoms with Gasteiger partial charge in [0.15, 0.2) is 0 Å². The summed E-state index contributed by atoms with van der Waals surface area (Å²) in [6, 6.07) is 0.